The van der Waals surface area contributed by atoms with Crippen molar-refractivity contribution in [2.24, 2.45) is 0 Å². The third-order valence-electron chi connectivity index (χ3n) is 3.24. The van der Waals surface area contributed by atoms with Gasteiger partial charge in [0.25, 0.3) is 0 Å². The van der Waals surface area contributed by atoms with Crippen molar-refractivity contribution in [3.63, 3.8) is 0 Å². The zero-order chi connectivity index (χ0) is 14.3. The highest BCUT2D eigenvalue weighted by molar-refractivity contribution is 5.89. The monoisotopic (exact) mass is 270 g/mol. The molecule has 0 radical (unpaired) electrons. The fourth-order valence-corrected chi connectivity index (χ4v) is 2.12. The second-order valence-electron chi connectivity index (χ2n) is 5.23. The first-order valence-corrected chi connectivity index (χ1v) is 7.24. The molecule has 0 bridgehead atoms. The highest BCUT2D eigenvalue weighted by atomic mass is 16.5. The molecule has 1 unspecified atom stereocenters. The van der Waals surface area contributed by atoms with Crippen LogP contribution in [0.25, 0.3) is 0 Å². The summed E-state index contributed by atoms with van der Waals surface area (Å²) >= 11 is 0. The third-order valence-corrected chi connectivity index (χ3v) is 3.24. The van der Waals surface area contributed by atoms with E-state index < -0.39 is 0 Å². The molecule has 1 aliphatic rings. The Kier molecular flexibility index (Phi) is 6.84. The number of nitrogens with one attached hydrogen (secondary N) is 1. The first-order valence-electron chi connectivity index (χ1n) is 7.24. The molecule has 2 amide bonds. The summed E-state index contributed by atoms with van der Waals surface area (Å²) in [5.41, 5.74) is 0. The molecule has 0 aromatic rings. The number of carbonyl (C=O) groups excluding carboxylic acids is 2. The summed E-state index contributed by atoms with van der Waals surface area (Å²) < 4.78 is 5.47. The lowest BCUT2D eigenvalue weighted by Crippen LogP contribution is -2.44. The van der Waals surface area contributed by atoms with Crippen LogP contribution in [0.4, 0.5) is 0 Å². The molecule has 19 heavy (non-hydrogen) atoms. The van der Waals surface area contributed by atoms with Crippen molar-refractivity contribution in [1.29, 1.82) is 0 Å². The molecule has 0 aromatic heterocycles. The fourth-order valence-electron chi connectivity index (χ4n) is 2.12. The molecule has 5 heteroatoms. The number of nitrogens with zero attached hydrogens (tertiary/aromatic N) is 1. The summed E-state index contributed by atoms with van der Waals surface area (Å²) in [5, 5.41) is 2.77. The molecule has 1 N–H and O–H groups in total. The molecule has 0 spiro atoms. The molecule has 0 saturated carbocycles. The summed E-state index contributed by atoms with van der Waals surface area (Å²) in [4.78, 5) is 25.5. The van der Waals surface area contributed by atoms with Gasteiger partial charge in [0.15, 0.2) is 0 Å². The van der Waals surface area contributed by atoms with E-state index in [4.69, 9.17) is 4.74 Å². The number of unbranched alkanes of at least 4 members (excludes halogenated alkanes) is 1. The van der Waals surface area contributed by atoms with Gasteiger partial charge in [-0.15, -0.1) is 0 Å². The van der Waals surface area contributed by atoms with Gasteiger partial charge >= 0.3 is 0 Å². The van der Waals surface area contributed by atoms with E-state index in [0.29, 0.717) is 25.9 Å². The molecule has 1 aliphatic heterocycles. The normalized spacial score (nSPS) is 20.6. The fraction of sp³-hybridized carbons (Fsp3) is 0.857. The Bertz CT molecular complexity index is 305. The van der Waals surface area contributed by atoms with Crippen molar-refractivity contribution in [3.05, 3.63) is 0 Å². The van der Waals surface area contributed by atoms with Crippen LogP contribution in [0.3, 0.4) is 0 Å². The Morgan fingerprint density at radius 2 is 2.11 bits per heavy atom. The second-order valence-corrected chi connectivity index (χ2v) is 5.23. The quantitative estimate of drug-likeness (QED) is 0.710. The lowest BCUT2D eigenvalue weighted by molar-refractivity contribution is -0.133. The van der Waals surface area contributed by atoms with Gasteiger partial charge in [0.05, 0.1) is 6.10 Å². The van der Waals surface area contributed by atoms with E-state index in [1.165, 1.54) is 0 Å². The maximum atomic E-state index is 12.2. The van der Waals surface area contributed by atoms with E-state index in [1.807, 2.05) is 20.8 Å². The number of hydrogen-bond donors (Lipinski definition) is 1. The maximum Gasteiger partial charge on any atom is 0.245 e. The Morgan fingerprint density at radius 1 is 1.37 bits per heavy atom. The van der Waals surface area contributed by atoms with Gasteiger partial charge in [0.2, 0.25) is 11.8 Å². The largest absolute Gasteiger partial charge is 0.379 e. The van der Waals surface area contributed by atoms with Crippen LogP contribution in [0.15, 0.2) is 0 Å². The molecule has 5 nitrogen and oxygen atoms in total. The zero-order valence-electron chi connectivity index (χ0n) is 12.3. The summed E-state index contributed by atoms with van der Waals surface area (Å²) in [6.45, 7) is 7.93. The van der Waals surface area contributed by atoms with Gasteiger partial charge in [-0.05, 0) is 33.1 Å². The average Bonchev–Trinajstić information content (AvgIpc) is 2.50. The van der Waals surface area contributed by atoms with Gasteiger partial charge in [-0.1, -0.05) is 6.92 Å². The molecule has 0 aromatic carbocycles. The van der Waals surface area contributed by atoms with Crippen LogP contribution in [0, 0.1) is 0 Å². The topological polar surface area (TPSA) is 58.6 Å². The summed E-state index contributed by atoms with van der Waals surface area (Å²) in [5.74, 6) is 0.0315. The SMILES string of the molecule is CCC1NC(=O)CCN(CCCCOC(C)C)C1=O. The Labute approximate surface area is 115 Å². The molecular formula is C14H26N2O3. The van der Waals surface area contributed by atoms with Crippen molar-refractivity contribution in [2.75, 3.05) is 19.7 Å². The van der Waals surface area contributed by atoms with Crippen molar-refractivity contribution in [2.45, 2.75) is 58.6 Å². The van der Waals surface area contributed by atoms with Crippen LogP contribution in [0.2, 0.25) is 0 Å². The molecule has 1 heterocycles. The zero-order valence-corrected chi connectivity index (χ0v) is 12.3. The molecule has 0 aliphatic carbocycles. The van der Waals surface area contributed by atoms with Gasteiger partial charge in [-0.2, -0.15) is 0 Å². The average molecular weight is 270 g/mol. The molecule has 1 fully saturated rings. The molecular weight excluding hydrogens is 244 g/mol. The van der Waals surface area contributed by atoms with Crippen molar-refractivity contribution >= 4 is 11.8 Å². The van der Waals surface area contributed by atoms with Crippen LogP contribution in [0.1, 0.15) is 46.5 Å². The lowest BCUT2D eigenvalue weighted by Gasteiger charge is -2.23. The van der Waals surface area contributed by atoms with E-state index in [0.717, 1.165) is 19.4 Å². The van der Waals surface area contributed by atoms with E-state index in [9.17, 15) is 9.59 Å². The summed E-state index contributed by atoms with van der Waals surface area (Å²) in [7, 11) is 0. The number of carbonyl (C=O) groups is 2. The minimum Gasteiger partial charge on any atom is -0.379 e. The van der Waals surface area contributed by atoms with Gasteiger partial charge in [-0.25, -0.2) is 0 Å². The van der Waals surface area contributed by atoms with E-state index >= 15 is 0 Å². The Hall–Kier alpha value is -1.10. The Morgan fingerprint density at radius 3 is 2.74 bits per heavy atom. The van der Waals surface area contributed by atoms with Crippen LogP contribution in [0.5, 0.6) is 0 Å². The van der Waals surface area contributed by atoms with Crippen molar-refractivity contribution in [3.8, 4) is 0 Å². The second kappa shape index (κ2) is 8.15. The molecule has 1 rings (SSSR count). The predicted molar refractivity (Wildman–Crippen MR) is 73.7 cm³/mol. The smallest absolute Gasteiger partial charge is 0.245 e. The van der Waals surface area contributed by atoms with Crippen LogP contribution in [-0.2, 0) is 14.3 Å². The van der Waals surface area contributed by atoms with Crippen molar-refractivity contribution < 1.29 is 14.3 Å². The van der Waals surface area contributed by atoms with Crippen LogP contribution in [-0.4, -0.2) is 48.6 Å². The van der Waals surface area contributed by atoms with Gasteiger partial charge in [0, 0.05) is 26.1 Å². The van der Waals surface area contributed by atoms with E-state index in [2.05, 4.69) is 5.32 Å². The Balaban J connectivity index is 2.34. The predicted octanol–water partition coefficient (Wildman–Crippen LogP) is 1.32. The number of amides is 2. The highest BCUT2D eigenvalue weighted by Crippen LogP contribution is 2.08. The van der Waals surface area contributed by atoms with Crippen molar-refractivity contribution in [1.82, 2.24) is 10.2 Å². The van der Waals surface area contributed by atoms with Gasteiger partial charge in [-0.3, -0.25) is 9.59 Å². The van der Waals surface area contributed by atoms with E-state index in [-0.39, 0.29) is 24.0 Å². The first-order chi connectivity index (χ1) is 9.04. The number of rotatable bonds is 7. The minimum absolute atomic E-state index is 0.0224. The van der Waals surface area contributed by atoms with Crippen LogP contribution >= 0.6 is 0 Å². The lowest BCUT2D eigenvalue weighted by atomic mass is 10.2. The molecule has 1 saturated heterocycles. The van der Waals surface area contributed by atoms with Gasteiger partial charge < -0.3 is 15.0 Å². The summed E-state index contributed by atoms with van der Waals surface area (Å²) in [6.07, 6.45) is 3.18. The third kappa shape index (κ3) is 5.59. The maximum absolute atomic E-state index is 12.2. The molecule has 1 atom stereocenters. The van der Waals surface area contributed by atoms with Gasteiger partial charge in [0.1, 0.15) is 6.04 Å². The number of hydrogen-bond acceptors (Lipinski definition) is 3. The van der Waals surface area contributed by atoms with E-state index in [1.54, 1.807) is 4.90 Å². The number of ether oxygens (including phenoxy) is 1. The minimum atomic E-state index is -0.345. The standard InChI is InChI=1S/C14H26N2O3/c1-4-12-14(18)16(9-7-13(17)15-12)8-5-6-10-19-11(2)3/h11-12H,4-10H2,1-3H3,(H,15,17). The van der Waals surface area contributed by atoms with Crippen LogP contribution < -0.4 is 5.32 Å². The first kappa shape index (κ1) is 16.0. The molecule has 110 valence electrons. The summed E-state index contributed by atoms with van der Waals surface area (Å²) in [6, 6.07) is -0.345. The highest BCUT2D eigenvalue weighted by Gasteiger charge is 2.27.